The number of allylic oxidation sites excluding steroid dienone is 2. The molecule has 2 fully saturated rings. The van der Waals surface area contributed by atoms with Crippen LogP contribution in [0, 0.1) is 23.7 Å². The van der Waals surface area contributed by atoms with Gasteiger partial charge in [0.15, 0.2) is 0 Å². The predicted molar refractivity (Wildman–Crippen MR) is 91.6 cm³/mol. The monoisotopic (exact) mass is 360 g/mol. The molecule has 8 heteroatoms. The fraction of sp³-hybridized carbons (Fsp3) is 0.588. The molecule has 5 atom stereocenters. The minimum absolute atomic E-state index is 0.145. The SMILES string of the molecule is CCCc1nnc(NC(=O)[C@H](C)N2C(=O)[C@@H]3[C@@H](C2=O)[C@H]2C=C[C@H]3C2)s1. The van der Waals surface area contributed by atoms with Crippen molar-refractivity contribution in [1.29, 1.82) is 0 Å². The largest absolute Gasteiger partial charge is 0.299 e. The van der Waals surface area contributed by atoms with E-state index in [1.165, 1.54) is 11.3 Å². The number of nitrogens with zero attached hydrogens (tertiary/aromatic N) is 3. The normalized spacial score (nSPS) is 30.9. The molecule has 25 heavy (non-hydrogen) atoms. The summed E-state index contributed by atoms with van der Waals surface area (Å²) in [5.41, 5.74) is 0. The van der Waals surface area contributed by atoms with Gasteiger partial charge in [-0.05, 0) is 31.6 Å². The van der Waals surface area contributed by atoms with E-state index >= 15 is 0 Å². The Morgan fingerprint density at radius 1 is 1.28 bits per heavy atom. The number of carbonyl (C=O) groups is 3. The van der Waals surface area contributed by atoms with Gasteiger partial charge in [-0.1, -0.05) is 30.4 Å². The van der Waals surface area contributed by atoms with E-state index in [4.69, 9.17) is 0 Å². The Balaban J connectivity index is 1.47. The first-order valence-corrected chi connectivity index (χ1v) is 9.51. The Morgan fingerprint density at radius 3 is 2.52 bits per heavy atom. The van der Waals surface area contributed by atoms with Crippen LogP contribution in [-0.2, 0) is 20.8 Å². The van der Waals surface area contributed by atoms with Crippen LogP contribution in [0.25, 0.3) is 0 Å². The minimum Gasteiger partial charge on any atom is -0.299 e. The maximum absolute atomic E-state index is 12.7. The molecule has 0 unspecified atom stereocenters. The summed E-state index contributed by atoms with van der Waals surface area (Å²) in [6.45, 7) is 3.64. The van der Waals surface area contributed by atoms with E-state index in [2.05, 4.69) is 15.5 Å². The van der Waals surface area contributed by atoms with Gasteiger partial charge in [0.1, 0.15) is 11.0 Å². The predicted octanol–water partition coefficient (Wildman–Crippen LogP) is 1.62. The fourth-order valence-electron chi connectivity index (χ4n) is 4.25. The third-order valence-corrected chi connectivity index (χ3v) is 6.33. The number of amides is 3. The smallest absolute Gasteiger partial charge is 0.249 e. The van der Waals surface area contributed by atoms with Gasteiger partial charge in [-0.25, -0.2) is 0 Å². The number of aryl methyl sites for hydroxylation is 1. The summed E-state index contributed by atoms with van der Waals surface area (Å²) in [6, 6.07) is -0.844. The van der Waals surface area contributed by atoms with Crippen molar-refractivity contribution in [3.8, 4) is 0 Å². The summed E-state index contributed by atoms with van der Waals surface area (Å²) in [4.78, 5) is 39.2. The number of nitrogens with one attached hydrogen (secondary N) is 1. The van der Waals surface area contributed by atoms with Crippen LogP contribution in [0.5, 0.6) is 0 Å². The average Bonchev–Trinajstić information content (AvgIpc) is 3.33. The quantitative estimate of drug-likeness (QED) is 0.636. The van der Waals surface area contributed by atoms with E-state index in [1.807, 2.05) is 19.1 Å². The number of aromatic nitrogens is 2. The number of imide groups is 1. The maximum atomic E-state index is 12.7. The number of likely N-dealkylation sites (tertiary alicyclic amines) is 1. The standard InChI is InChI=1S/C17H20N4O3S/c1-3-4-11-19-20-17(25-11)18-14(22)8(2)21-15(23)12-9-5-6-10(7-9)13(12)16(21)24/h5-6,8-10,12-13H,3-4,7H2,1-2H3,(H,18,20,22)/t8-,9-,10-,12-,13-/m0/s1. The van der Waals surface area contributed by atoms with Gasteiger partial charge >= 0.3 is 0 Å². The third-order valence-electron chi connectivity index (χ3n) is 5.43. The Hall–Kier alpha value is -2.09. The molecule has 0 spiro atoms. The van der Waals surface area contributed by atoms with Gasteiger partial charge in [-0.2, -0.15) is 0 Å². The topological polar surface area (TPSA) is 92.3 Å². The van der Waals surface area contributed by atoms with Crippen molar-refractivity contribution in [2.45, 2.75) is 39.2 Å². The average molecular weight is 360 g/mol. The molecule has 1 aromatic heterocycles. The number of fused-ring (bicyclic) bond motifs is 5. The second-order valence-electron chi connectivity index (χ2n) is 6.96. The van der Waals surface area contributed by atoms with Crippen LogP contribution < -0.4 is 5.32 Å². The van der Waals surface area contributed by atoms with Crippen LogP contribution in [0.4, 0.5) is 5.13 Å². The molecule has 3 aliphatic rings. The molecule has 0 radical (unpaired) electrons. The molecule has 7 nitrogen and oxygen atoms in total. The van der Waals surface area contributed by atoms with Gasteiger partial charge < -0.3 is 0 Å². The number of rotatable bonds is 5. The van der Waals surface area contributed by atoms with Crippen LogP contribution in [0.2, 0.25) is 0 Å². The molecule has 132 valence electrons. The number of hydrogen-bond acceptors (Lipinski definition) is 6. The second kappa shape index (κ2) is 6.01. The number of hydrogen-bond donors (Lipinski definition) is 1. The van der Waals surface area contributed by atoms with Crippen LogP contribution in [0.15, 0.2) is 12.2 Å². The molecule has 2 aliphatic carbocycles. The molecule has 2 bridgehead atoms. The van der Waals surface area contributed by atoms with Crippen LogP contribution in [0.3, 0.4) is 0 Å². The highest BCUT2D eigenvalue weighted by Gasteiger charge is 2.60. The van der Waals surface area contributed by atoms with Crippen molar-refractivity contribution < 1.29 is 14.4 Å². The minimum atomic E-state index is -0.844. The molecule has 4 rings (SSSR count). The lowest BCUT2D eigenvalue weighted by atomic mass is 9.85. The van der Waals surface area contributed by atoms with Gasteiger partial charge in [0.05, 0.1) is 11.8 Å². The van der Waals surface area contributed by atoms with E-state index in [0.29, 0.717) is 5.13 Å². The maximum Gasteiger partial charge on any atom is 0.249 e. The lowest BCUT2D eigenvalue weighted by Gasteiger charge is -2.23. The van der Waals surface area contributed by atoms with Gasteiger partial charge in [-0.3, -0.25) is 24.6 Å². The fourth-order valence-corrected chi connectivity index (χ4v) is 5.10. The summed E-state index contributed by atoms with van der Waals surface area (Å²) < 4.78 is 0. The molecule has 2 heterocycles. The first-order valence-electron chi connectivity index (χ1n) is 8.69. The van der Waals surface area contributed by atoms with Crippen molar-refractivity contribution >= 4 is 34.2 Å². The van der Waals surface area contributed by atoms with E-state index in [0.717, 1.165) is 29.2 Å². The highest BCUT2D eigenvalue weighted by atomic mass is 32.1. The molecule has 0 aromatic carbocycles. The zero-order chi connectivity index (χ0) is 17.7. The third kappa shape index (κ3) is 2.50. The lowest BCUT2D eigenvalue weighted by Crippen LogP contribution is -2.46. The van der Waals surface area contributed by atoms with Gasteiger partial charge in [0.25, 0.3) is 0 Å². The summed E-state index contributed by atoms with van der Waals surface area (Å²) in [6.07, 6.45) is 6.73. The first kappa shape index (κ1) is 16.4. The first-order chi connectivity index (χ1) is 12.0. The van der Waals surface area contributed by atoms with Crippen molar-refractivity contribution in [3.63, 3.8) is 0 Å². The summed E-state index contributed by atoms with van der Waals surface area (Å²) >= 11 is 1.32. The van der Waals surface area contributed by atoms with Crippen molar-refractivity contribution in [1.82, 2.24) is 15.1 Å². The lowest BCUT2D eigenvalue weighted by molar-refractivity contribution is -0.146. The summed E-state index contributed by atoms with van der Waals surface area (Å²) in [7, 11) is 0. The molecule has 1 saturated heterocycles. The van der Waals surface area contributed by atoms with Gasteiger partial charge in [0, 0.05) is 6.42 Å². The molecule has 1 aromatic rings. The van der Waals surface area contributed by atoms with Gasteiger partial charge in [0.2, 0.25) is 22.9 Å². The van der Waals surface area contributed by atoms with Crippen molar-refractivity contribution in [3.05, 3.63) is 17.2 Å². The van der Waals surface area contributed by atoms with E-state index in [-0.39, 0.29) is 35.5 Å². The van der Waals surface area contributed by atoms with Crippen molar-refractivity contribution in [2.75, 3.05) is 5.32 Å². The van der Waals surface area contributed by atoms with Crippen LogP contribution >= 0.6 is 11.3 Å². The Bertz CT molecular complexity index is 744. The zero-order valence-electron chi connectivity index (χ0n) is 14.1. The molecular weight excluding hydrogens is 340 g/mol. The van der Waals surface area contributed by atoms with E-state index < -0.39 is 11.9 Å². The molecule has 1 N–H and O–H groups in total. The molecule has 1 saturated carbocycles. The Morgan fingerprint density at radius 2 is 1.92 bits per heavy atom. The summed E-state index contributed by atoms with van der Waals surface area (Å²) in [5.74, 6) is -1.10. The number of anilines is 1. The van der Waals surface area contributed by atoms with E-state index in [9.17, 15) is 14.4 Å². The second-order valence-corrected chi connectivity index (χ2v) is 8.02. The molecular formula is C17H20N4O3S. The highest BCUT2D eigenvalue weighted by molar-refractivity contribution is 7.15. The zero-order valence-corrected chi connectivity index (χ0v) is 15.0. The van der Waals surface area contributed by atoms with Gasteiger partial charge in [-0.15, -0.1) is 10.2 Å². The molecule has 1 aliphatic heterocycles. The molecule has 3 amide bonds. The highest BCUT2D eigenvalue weighted by Crippen LogP contribution is 2.52. The Kier molecular flexibility index (Phi) is 3.94. The van der Waals surface area contributed by atoms with E-state index in [1.54, 1.807) is 6.92 Å². The Labute approximate surface area is 149 Å². The van der Waals surface area contributed by atoms with Crippen LogP contribution in [-0.4, -0.2) is 38.9 Å². The number of carbonyl (C=O) groups excluding carboxylic acids is 3. The van der Waals surface area contributed by atoms with Crippen LogP contribution in [0.1, 0.15) is 31.7 Å². The summed E-state index contributed by atoms with van der Waals surface area (Å²) in [5, 5.41) is 11.9. The van der Waals surface area contributed by atoms with Crippen molar-refractivity contribution in [2.24, 2.45) is 23.7 Å².